The molecule has 1 saturated heterocycles. The zero-order valence-corrected chi connectivity index (χ0v) is 19.5. The minimum absolute atomic E-state index is 0.0308. The molecule has 2 amide bonds. The van der Waals surface area contributed by atoms with Crippen molar-refractivity contribution in [3.63, 3.8) is 0 Å². The molecular formula is C25H28N4O5. The fourth-order valence-electron chi connectivity index (χ4n) is 4.51. The van der Waals surface area contributed by atoms with Crippen molar-refractivity contribution in [1.82, 2.24) is 14.7 Å². The molecule has 0 bridgehead atoms. The summed E-state index contributed by atoms with van der Waals surface area (Å²) in [6, 6.07) is 12.4. The van der Waals surface area contributed by atoms with Gasteiger partial charge in [-0.25, -0.2) is 9.59 Å². The van der Waals surface area contributed by atoms with Crippen LogP contribution in [0.4, 0.5) is 10.5 Å². The average Bonchev–Trinajstić information content (AvgIpc) is 3.20. The van der Waals surface area contributed by atoms with Crippen molar-refractivity contribution in [2.24, 2.45) is 13.0 Å². The van der Waals surface area contributed by atoms with Crippen molar-refractivity contribution in [1.29, 1.82) is 0 Å². The number of hydrogen-bond acceptors (Lipinski definition) is 5. The molecule has 1 aliphatic rings. The largest absolute Gasteiger partial charge is 0.497 e. The van der Waals surface area contributed by atoms with Crippen LogP contribution in [0.5, 0.6) is 5.75 Å². The maximum atomic E-state index is 13.2. The van der Waals surface area contributed by atoms with Gasteiger partial charge >= 0.3 is 12.0 Å². The number of anilines is 1. The average molecular weight is 465 g/mol. The van der Waals surface area contributed by atoms with Crippen LogP contribution in [0, 0.1) is 5.92 Å². The second-order valence-corrected chi connectivity index (χ2v) is 8.36. The molecule has 2 aromatic carbocycles. The number of ketones is 1. The van der Waals surface area contributed by atoms with E-state index < -0.39 is 5.97 Å². The maximum Gasteiger partial charge on any atom is 0.357 e. The number of carboxylic acids is 1. The summed E-state index contributed by atoms with van der Waals surface area (Å²) in [5, 5.41) is 13.9. The van der Waals surface area contributed by atoms with Crippen molar-refractivity contribution in [2.45, 2.75) is 19.8 Å². The number of ether oxygens (including phenoxy) is 1. The van der Waals surface area contributed by atoms with E-state index in [1.54, 1.807) is 42.2 Å². The second-order valence-electron chi connectivity index (χ2n) is 8.36. The Balaban J connectivity index is 1.44. The molecule has 1 N–H and O–H groups in total. The summed E-state index contributed by atoms with van der Waals surface area (Å²) < 4.78 is 6.69. The summed E-state index contributed by atoms with van der Waals surface area (Å²) in [5.41, 5.74) is 1.87. The standard InChI is InChI=1S/C25H28N4O5/c1-4-29(18-6-8-19(34-3)9-7-18)25(33)28-13-11-16(12-14-28)23(30)17-5-10-21-20(15-17)22(24(31)32)26-27(21)2/h5-10,15-16H,4,11-14H2,1-3H3,(H,31,32). The monoisotopic (exact) mass is 464 g/mol. The third-order valence-electron chi connectivity index (χ3n) is 6.40. The van der Waals surface area contributed by atoms with Crippen LogP contribution >= 0.6 is 0 Å². The molecule has 2 heterocycles. The summed E-state index contributed by atoms with van der Waals surface area (Å²) in [4.78, 5) is 41.3. The predicted molar refractivity (Wildman–Crippen MR) is 128 cm³/mol. The van der Waals surface area contributed by atoms with Crippen LogP contribution in [0.3, 0.4) is 0 Å². The lowest BCUT2D eigenvalue weighted by Crippen LogP contribution is -2.47. The highest BCUT2D eigenvalue weighted by atomic mass is 16.5. The molecule has 0 saturated carbocycles. The third kappa shape index (κ3) is 4.33. The Bertz CT molecular complexity index is 1230. The van der Waals surface area contributed by atoms with Gasteiger partial charge in [-0.2, -0.15) is 5.10 Å². The minimum atomic E-state index is -1.13. The number of fused-ring (bicyclic) bond motifs is 1. The van der Waals surface area contributed by atoms with E-state index in [4.69, 9.17) is 4.74 Å². The Labute approximate surface area is 197 Å². The topological polar surface area (TPSA) is 105 Å². The van der Waals surface area contributed by atoms with Gasteiger partial charge in [0.1, 0.15) is 5.75 Å². The number of carboxylic acid groups (broad SMARTS) is 1. The van der Waals surface area contributed by atoms with Gasteiger partial charge in [0.2, 0.25) is 0 Å². The number of carbonyl (C=O) groups excluding carboxylic acids is 2. The second kappa shape index (κ2) is 9.54. The van der Waals surface area contributed by atoms with Crippen LogP contribution in [0.25, 0.3) is 10.9 Å². The highest BCUT2D eigenvalue weighted by Crippen LogP contribution is 2.27. The smallest absolute Gasteiger partial charge is 0.357 e. The minimum Gasteiger partial charge on any atom is -0.497 e. The van der Waals surface area contributed by atoms with Crippen LogP contribution in [0.1, 0.15) is 40.6 Å². The molecule has 1 aromatic heterocycles. The highest BCUT2D eigenvalue weighted by Gasteiger charge is 2.30. The van der Waals surface area contributed by atoms with Crippen molar-refractivity contribution >= 4 is 34.4 Å². The van der Waals surface area contributed by atoms with Crippen molar-refractivity contribution in [3.8, 4) is 5.75 Å². The molecule has 0 spiro atoms. The van der Waals surface area contributed by atoms with E-state index in [-0.39, 0.29) is 23.4 Å². The number of aromatic nitrogens is 2. The molecule has 0 atom stereocenters. The van der Waals surface area contributed by atoms with Crippen LogP contribution in [-0.4, -0.2) is 64.3 Å². The summed E-state index contributed by atoms with van der Waals surface area (Å²) in [6.07, 6.45) is 1.11. The lowest BCUT2D eigenvalue weighted by molar-refractivity contribution is 0.0691. The first-order valence-electron chi connectivity index (χ1n) is 11.3. The van der Waals surface area contributed by atoms with Gasteiger partial charge in [0.05, 0.1) is 12.6 Å². The van der Waals surface area contributed by atoms with Crippen molar-refractivity contribution < 1.29 is 24.2 Å². The Morgan fingerprint density at radius 1 is 1.12 bits per heavy atom. The number of aryl methyl sites for hydroxylation is 1. The van der Waals surface area contributed by atoms with E-state index in [0.717, 1.165) is 11.4 Å². The van der Waals surface area contributed by atoms with Gasteiger partial charge in [-0.1, -0.05) is 0 Å². The van der Waals surface area contributed by atoms with E-state index in [1.807, 2.05) is 31.2 Å². The Kier molecular flexibility index (Phi) is 6.54. The number of nitrogens with zero attached hydrogens (tertiary/aromatic N) is 4. The Hall–Kier alpha value is -3.88. The molecule has 178 valence electrons. The fourth-order valence-corrected chi connectivity index (χ4v) is 4.51. The van der Waals surface area contributed by atoms with Gasteiger partial charge in [-0.3, -0.25) is 14.4 Å². The summed E-state index contributed by atoms with van der Waals surface area (Å²) in [5.74, 6) is -0.648. The van der Waals surface area contributed by atoms with E-state index in [1.165, 1.54) is 4.68 Å². The lowest BCUT2D eigenvalue weighted by atomic mass is 9.88. The molecule has 1 fully saturated rings. The molecule has 3 aromatic rings. The molecule has 0 unspecified atom stereocenters. The molecule has 9 heteroatoms. The number of urea groups is 1. The normalized spacial score (nSPS) is 14.3. The number of benzene rings is 2. The number of carbonyl (C=O) groups is 3. The number of Topliss-reactive ketones (excluding diaryl/α,β-unsaturated/α-hetero) is 1. The zero-order chi connectivity index (χ0) is 24.4. The molecule has 4 rings (SSSR count). The molecule has 0 radical (unpaired) electrons. The van der Waals surface area contributed by atoms with Crippen molar-refractivity contribution in [3.05, 3.63) is 53.7 Å². The number of likely N-dealkylation sites (tertiary alicyclic amines) is 1. The number of piperidine rings is 1. The first-order valence-corrected chi connectivity index (χ1v) is 11.3. The lowest BCUT2D eigenvalue weighted by Gasteiger charge is -2.35. The Morgan fingerprint density at radius 3 is 2.38 bits per heavy atom. The van der Waals surface area contributed by atoms with E-state index in [2.05, 4.69) is 5.10 Å². The predicted octanol–water partition coefficient (Wildman–Crippen LogP) is 3.82. The number of aromatic carboxylic acids is 1. The number of hydrogen-bond donors (Lipinski definition) is 1. The molecule has 1 aliphatic heterocycles. The summed E-state index contributed by atoms with van der Waals surface area (Å²) >= 11 is 0. The molecule has 34 heavy (non-hydrogen) atoms. The van der Waals surface area contributed by atoms with E-state index in [0.29, 0.717) is 48.9 Å². The fraction of sp³-hybridized carbons (Fsp3) is 0.360. The summed E-state index contributed by atoms with van der Waals surface area (Å²) in [6.45, 7) is 3.42. The van der Waals surface area contributed by atoms with Crippen molar-refractivity contribution in [2.75, 3.05) is 31.6 Å². The number of methoxy groups -OCH3 is 1. The highest BCUT2D eigenvalue weighted by molar-refractivity contribution is 6.06. The van der Waals surface area contributed by atoms with Crippen LogP contribution in [0.2, 0.25) is 0 Å². The van der Waals surface area contributed by atoms with E-state index in [9.17, 15) is 19.5 Å². The number of rotatable bonds is 6. The van der Waals surface area contributed by atoms with Crippen LogP contribution in [0.15, 0.2) is 42.5 Å². The van der Waals surface area contributed by atoms with Crippen LogP contribution in [-0.2, 0) is 7.05 Å². The van der Waals surface area contributed by atoms with Crippen LogP contribution < -0.4 is 9.64 Å². The van der Waals surface area contributed by atoms with E-state index >= 15 is 0 Å². The first-order chi connectivity index (χ1) is 16.3. The van der Waals surface area contributed by atoms with Gasteiger partial charge in [0.15, 0.2) is 11.5 Å². The van der Waals surface area contributed by atoms with Gasteiger partial charge in [-0.15, -0.1) is 0 Å². The molecule has 0 aliphatic carbocycles. The molecular weight excluding hydrogens is 436 g/mol. The Morgan fingerprint density at radius 2 is 1.79 bits per heavy atom. The quantitative estimate of drug-likeness (QED) is 0.556. The zero-order valence-electron chi connectivity index (χ0n) is 19.5. The maximum absolute atomic E-state index is 13.2. The van der Waals surface area contributed by atoms with Gasteiger partial charge < -0.3 is 14.7 Å². The van der Waals surface area contributed by atoms with Gasteiger partial charge in [0, 0.05) is 49.2 Å². The third-order valence-corrected chi connectivity index (χ3v) is 6.40. The first kappa shape index (κ1) is 23.3. The SMILES string of the molecule is CCN(C(=O)N1CCC(C(=O)c2ccc3c(c2)c(C(=O)O)nn3C)CC1)c1ccc(OC)cc1. The van der Waals surface area contributed by atoms with Gasteiger partial charge in [0.25, 0.3) is 0 Å². The van der Waals surface area contributed by atoms with Gasteiger partial charge in [-0.05, 0) is 62.2 Å². The number of amides is 2. The summed E-state index contributed by atoms with van der Waals surface area (Å²) in [7, 11) is 3.28. The molecule has 9 nitrogen and oxygen atoms in total.